The fraction of sp³-hybridized carbons (Fsp3) is 0.625. The standard InChI is InChI=1S/C32H44O8/c33-28-22-29(40-32-17-9-11-21-37-32)27(26(28)14-6-1-2-7-15-30(34)35)19-18-25(39-31-16-8-10-20-36-31)23-38-24-12-4-3-5-13-24/h2-6,12-13,18-19,25-29,31-33H,7-11,14-17,20-23H2,(H,34,35)/t1?,25?,26-,27-,28?,29?,31?,32?/m1/s1. The Morgan fingerprint density at radius 2 is 1.80 bits per heavy atom. The van der Waals surface area contributed by atoms with E-state index in [9.17, 15) is 9.90 Å². The third-order valence-corrected chi connectivity index (χ3v) is 7.65. The highest BCUT2D eigenvalue weighted by atomic mass is 16.7. The minimum absolute atomic E-state index is 0.0623. The molecule has 3 fully saturated rings. The molecule has 1 aliphatic carbocycles. The summed E-state index contributed by atoms with van der Waals surface area (Å²) >= 11 is 0. The molecule has 4 rings (SSSR count). The molecular formula is C32H44O8. The Balaban J connectivity index is 1.47. The molecule has 40 heavy (non-hydrogen) atoms. The number of benzene rings is 1. The van der Waals surface area contributed by atoms with Crippen LogP contribution >= 0.6 is 0 Å². The summed E-state index contributed by atoms with van der Waals surface area (Å²) in [6, 6.07) is 9.68. The summed E-state index contributed by atoms with van der Waals surface area (Å²) < 4.78 is 30.5. The van der Waals surface area contributed by atoms with Crippen LogP contribution in [0.2, 0.25) is 0 Å². The lowest BCUT2D eigenvalue weighted by Gasteiger charge is -2.29. The number of para-hydroxylation sites is 1. The van der Waals surface area contributed by atoms with E-state index in [1.165, 1.54) is 0 Å². The second-order valence-electron chi connectivity index (χ2n) is 10.7. The highest BCUT2D eigenvalue weighted by Gasteiger charge is 2.42. The number of rotatable bonds is 14. The third-order valence-electron chi connectivity index (χ3n) is 7.65. The molecule has 5 unspecified atom stereocenters. The van der Waals surface area contributed by atoms with E-state index in [2.05, 4.69) is 11.8 Å². The zero-order chi connectivity index (χ0) is 28.0. The first-order chi connectivity index (χ1) is 19.6. The van der Waals surface area contributed by atoms with Crippen LogP contribution in [0.3, 0.4) is 0 Å². The number of hydrogen-bond donors (Lipinski definition) is 2. The highest BCUT2D eigenvalue weighted by molar-refractivity contribution is 5.66. The van der Waals surface area contributed by atoms with E-state index in [1.54, 1.807) is 6.08 Å². The summed E-state index contributed by atoms with van der Waals surface area (Å²) in [7, 11) is 0. The molecule has 0 radical (unpaired) electrons. The Labute approximate surface area is 237 Å². The fourth-order valence-electron chi connectivity index (χ4n) is 5.51. The Morgan fingerprint density at radius 3 is 2.50 bits per heavy atom. The van der Waals surface area contributed by atoms with Gasteiger partial charge in [0.05, 0.1) is 12.2 Å². The van der Waals surface area contributed by atoms with E-state index in [1.807, 2.05) is 42.5 Å². The number of aliphatic hydroxyl groups is 1. The van der Waals surface area contributed by atoms with Crippen molar-refractivity contribution >= 4 is 5.97 Å². The average molecular weight is 557 g/mol. The molecule has 2 aliphatic heterocycles. The van der Waals surface area contributed by atoms with E-state index in [0.717, 1.165) is 44.3 Å². The molecule has 220 valence electrons. The lowest BCUT2D eigenvalue weighted by molar-refractivity contribution is -0.193. The number of ether oxygens (including phenoxy) is 5. The molecule has 0 bridgehead atoms. The van der Waals surface area contributed by atoms with Crippen molar-refractivity contribution in [3.63, 3.8) is 0 Å². The third kappa shape index (κ3) is 10.2. The average Bonchev–Trinajstić information content (AvgIpc) is 3.26. The monoisotopic (exact) mass is 556 g/mol. The molecule has 0 spiro atoms. The smallest absolute Gasteiger partial charge is 0.303 e. The highest BCUT2D eigenvalue weighted by Crippen LogP contribution is 2.39. The molecule has 7 atom stereocenters. The van der Waals surface area contributed by atoms with Crippen LogP contribution in [-0.2, 0) is 23.7 Å². The second kappa shape index (κ2) is 16.7. The molecule has 8 heteroatoms. The lowest BCUT2D eigenvalue weighted by atomic mass is 9.89. The lowest BCUT2D eigenvalue weighted by Crippen LogP contribution is -2.32. The molecule has 3 aliphatic rings. The van der Waals surface area contributed by atoms with Gasteiger partial charge in [-0.3, -0.25) is 4.79 Å². The quantitative estimate of drug-likeness (QED) is 0.232. The van der Waals surface area contributed by atoms with Crippen LogP contribution in [0.25, 0.3) is 0 Å². The number of carboxylic acids is 1. The van der Waals surface area contributed by atoms with Crippen molar-refractivity contribution in [2.45, 2.75) is 95.1 Å². The molecule has 2 saturated heterocycles. The predicted molar refractivity (Wildman–Crippen MR) is 150 cm³/mol. The molecule has 8 nitrogen and oxygen atoms in total. The Hall–Kier alpha value is -2.45. The minimum Gasteiger partial charge on any atom is -0.491 e. The van der Waals surface area contributed by atoms with Crippen LogP contribution < -0.4 is 4.74 Å². The van der Waals surface area contributed by atoms with Crippen LogP contribution in [0.5, 0.6) is 5.75 Å². The van der Waals surface area contributed by atoms with E-state index in [0.29, 0.717) is 39.1 Å². The maximum absolute atomic E-state index is 11.0. The van der Waals surface area contributed by atoms with Gasteiger partial charge in [0.25, 0.3) is 0 Å². The van der Waals surface area contributed by atoms with E-state index in [4.69, 9.17) is 28.8 Å². The van der Waals surface area contributed by atoms with Crippen LogP contribution in [0.15, 0.2) is 60.4 Å². The SMILES string of the molecule is O=C(O)CCC=C=CC[C@H]1C(O)CC(OC2CCCCO2)[C@@H]1C=CC(COc1ccccc1)OC1CCCCO1. The van der Waals surface area contributed by atoms with Crippen LogP contribution in [0, 0.1) is 11.8 Å². The van der Waals surface area contributed by atoms with Crippen molar-refractivity contribution < 1.29 is 38.7 Å². The predicted octanol–water partition coefficient (Wildman–Crippen LogP) is 5.41. The van der Waals surface area contributed by atoms with Crippen LogP contribution in [0.4, 0.5) is 0 Å². The molecule has 2 N–H and O–H groups in total. The molecule has 1 aromatic rings. The van der Waals surface area contributed by atoms with Gasteiger partial charge in [-0.15, -0.1) is 5.73 Å². The zero-order valence-electron chi connectivity index (χ0n) is 23.3. The summed E-state index contributed by atoms with van der Waals surface area (Å²) in [6.07, 6.45) is 13.7. The first-order valence-corrected chi connectivity index (χ1v) is 14.8. The van der Waals surface area contributed by atoms with Crippen LogP contribution in [0.1, 0.15) is 64.2 Å². The molecule has 1 saturated carbocycles. The Morgan fingerprint density at radius 1 is 1.05 bits per heavy atom. The second-order valence-corrected chi connectivity index (χ2v) is 10.7. The summed E-state index contributed by atoms with van der Waals surface area (Å²) in [6.45, 7) is 1.73. The van der Waals surface area contributed by atoms with E-state index < -0.39 is 12.1 Å². The molecule has 2 heterocycles. The molecular weight excluding hydrogens is 512 g/mol. The van der Waals surface area contributed by atoms with Gasteiger partial charge in [0, 0.05) is 32.0 Å². The fourth-order valence-corrected chi connectivity index (χ4v) is 5.51. The number of carboxylic acid groups (broad SMARTS) is 1. The van der Waals surface area contributed by atoms with Crippen molar-refractivity contribution in [2.24, 2.45) is 11.8 Å². The van der Waals surface area contributed by atoms with Gasteiger partial charge in [0.15, 0.2) is 12.6 Å². The normalized spacial score (nSPS) is 29.5. The van der Waals surface area contributed by atoms with Crippen LogP contribution in [-0.4, -0.2) is 66.9 Å². The van der Waals surface area contributed by atoms with Gasteiger partial charge >= 0.3 is 5.97 Å². The summed E-state index contributed by atoms with van der Waals surface area (Å²) in [5.74, 6) is -0.190. The van der Waals surface area contributed by atoms with Crippen molar-refractivity contribution in [1.29, 1.82) is 0 Å². The molecule has 0 aromatic heterocycles. The van der Waals surface area contributed by atoms with Gasteiger partial charge in [0.2, 0.25) is 0 Å². The van der Waals surface area contributed by atoms with E-state index in [-0.39, 0.29) is 43.0 Å². The topological polar surface area (TPSA) is 104 Å². The number of aliphatic hydroxyl groups excluding tert-OH is 1. The molecule has 1 aromatic carbocycles. The van der Waals surface area contributed by atoms with Crippen molar-refractivity contribution in [1.82, 2.24) is 0 Å². The number of aliphatic carboxylic acids is 1. The Kier molecular flexibility index (Phi) is 12.8. The number of allylic oxidation sites excluding steroid dienone is 1. The minimum atomic E-state index is -0.828. The first kappa shape index (κ1) is 30.5. The summed E-state index contributed by atoms with van der Waals surface area (Å²) in [5, 5.41) is 19.9. The maximum Gasteiger partial charge on any atom is 0.303 e. The van der Waals surface area contributed by atoms with Crippen molar-refractivity contribution in [3.8, 4) is 5.75 Å². The van der Waals surface area contributed by atoms with Crippen molar-refractivity contribution in [3.05, 3.63) is 60.4 Å². The van der Waals surface area contributed by atoms with Crippen molar-refractivity contribution in [2.75, 3.05) is 19.8 Å². The Bertz CT molecular complexity index is 960. The van der Waals surface area contributed by atoms with Gasteiger partial charge in [-0.05, 0) is 81.6 Å². The summed E-state index contributed by atoms with van der Waals surface area (Å²) in [5.41, 5.74) is 3.09. The number of carbonyl (C=O) groups is 1. The maximum atomic E-state index is 11.0. The van der Waals surface area contributed by atoms with Gasteiger partial charge in [-0.25, -0.2) is 0 Å². The first-order valence-electron chi connectivity index (χ1n) is 14.8. The summed E-state index contributed by atoms with van der Waals surface area (Å²) in [4.78, 5) is 10.8. The van der Waals surface area contributed by atoms with Gasteiger partial charge in [-0.2, -0.15) is 0 Å². The zero-order valence-corrected chi connectivity index (χ0v) is 23.3. The van der Waals surface area contributed by atoms with Gasteiger partial charge in [-0.1, -0.05) is 30.4 Å². The van der Waals surface area contributed by atoms with Gasteiger partial charge < -0.3 is 33.9 Å². The van der Waals surface area contributed by atoms with Gasteiger partial charge in [0.1, 0.15) is 18.5 Å². The largest absolute Gasteiger partial charge is 0.491 e. The number of hydrogen-bond acceptors (Lipinski definition) is 7. The van der Waals surface area contributed by atoms with E-state index >= 15 is 0 Å². The molecule has 0 amide bonds.